The highest BCUT2D eigenvalue weighted by Crippen LogP contribution is 2.25. The third-order valence-electron chi connectivity index (χ3n) is 2.00. The van der Waals surface area contributed by atoms with Crippen LogP contribution in [-0.2, 0) is 0 Å². The molecule has 0 saturated carbocycles. The van der Waals surface area contributed by atoms with Crippen molar-refractivity contribution in [1.82, 2.24) is 0 Å². The quantitative estimate of drug-likeness (QED) is 0.670. The lowest BCUT2D eigenvalue weighted by atomic mass is 10.1. The molecule has 0 fully saturated rings. The zero-order valence-corrected chi connectivity index (χ0v) is 8.68. The van der Waals surface area contributed by atoms with Gasteiger partial charge >= 0.3 is 5.97 Å². The minimum absolute atomic E-state index is 0.219. The van der Waals surface area contributed by atoms with Crippen LogP contribution in [0.15, 0.2) is 6.08 Å². The minimum Gasteiger partial charge on any atom is -0.477 e. The van der Waals surface area contributed by atoms with Crippen LogP contribution in [0.4, 0.5) is 17.6 Å². The predicted octanol–water partition coefficient (Wildman–Crippen LogP) is 2.87. The van der Waals surface area contributed by atoms with Gasteiger partial charge in [0.15, 0.2) is 23.3 Å². The largest absolute Gasteiger partial charge is 0.477 e. The Kier molecular flexibility index (Phi) is 4.05. The molecule has 0 aliphatic rings. The van der Waals surface area contributed by atoms with E-state index in [0.29, 0.717) is 6.08 Å². The van der Waals surface area contributed by atoms with Crippen molar-refractivity contribution in [1.29, 1.82) is 5.26 Å². The highest BCUT2D eigenvalue weighted by atomic mass is 19.2. The van der Waals surface area contributed by atoms with Crippen molar-refractivity contribution in [3.05, 3.63) is 40.5 Å². The van der Waals surface area contributed by atoms with Crippen LogP contribution in [-0.4, -0.2) is 11.1 Å². The van der Waals surface area contributed by atoms with Crippen molar-refractivity contribution in [2.75, 3.05) is 0 Å². The number of carboxylic acids is 1. The summed E-state index contributed by atoms with van der Waals surface area (Å²) >= 11 is 0. The molecule has 0 saturated heterocycles. The van der Waals surface area contributed by atoms with E-state index >= 15 is 0 Å². The number of halogens is 4. The van der Waals surface area contributed by atoms with Crippen molar-refractivity contribution in [3.63, 3.8) is 0 Å². The average Bonchev–Trinajstić information content (AvgIpc) is 2.31. The van der Waals surface area contributed by atoms with Crippen molar-refractivity contribution < 1.29 is 27.5 Å². The smallest absolute Gasteiger partial charge is 0.341 e. The SMILES string of the molecule is N#CCC=Cc1c(F)c(F)c(C(=O)O)c(F)c1F. The van der Waals surface area contributed by atoms with E-state index in [9.17, 15) is 22.4 Å². The lowest BCUT2D eigenvalue weighted by Gasteiger charge is -2.06. The fourth-order valence-corrected chi connectivity index (χ4v) is 1.21. The van der Waals surface area contributed by atoms with Crippen LogP contribution in [0, 0.1) is 34.6 Å². The van der Waals surface area contributed by atoms with Gasteiger partial charge < -0.3 is 5.11 Å². The molecule has 1 aromatic carbocycles. The molecule has 0 aliphatic carbocycles. The molecular weight excluding hydrogens is 254 g/mol. The van der Waals surface area contributed by atoms with Crippen LogP contribution in [0.5, 0.6) is 0 Å². The minimum atomic E-state index is -2.12. The van der Waals surface area contributed by atoms with Crippen LogP contribution in [0.1, 0.15) is 22.3 Å². The van der Waals surface area contributed by atoms with E-state index in [2.05, 4.69) is 0 Å². The van der Waals surface area contributed by atoms with E-state index in [0.717, 1.165) is 6.08 Å². The molecule has 0 amide bonds. The number of hydrogen-bond donors (Lipinski definition) is 1. The Morgan fingerprint density at radius 1 is 1.17 bits per heavy atom. The first-order valence-corrected chi connectivity index (χ1v) is 4.54. The second-order valence-electron chi connectivity index (χ2n) is 3.11. The van der Waals surface area contributed by atoms with Gasteiger partial charge in [-0.15, -0.1) is 0 Å². The van der Waals surface area contributed by atoms with Crippen molar-refractivity contribution in [3.8, 4) is 6.07 Å². The molecule has 1 N–H and O–H groups in total. The predicted molar refractivity (Wildman–Crippen MR) is 52.5 cm³/mol. The Balaban J connectivity index is 3.49. The summed E-state index contributed by atoms with van der Waals surface area (Å²) in [6.45, 7) is 0. The summed E-state index contributed by atoms with van der Waals surface area (Å²) in [7, 11) is 0. The molecule has 0 atom stereocenters. The molecule has 7 heteroatoms. The summed E-state index contributed by atoms with van der Waals surface area (Å²) in [6, 6.07) is 1.62. The Bertz CT molecular complexity index is 546. The lowest BCUT2D eigenvalue weighted by molar-refractivity contribution is 0.0683. The van der Waals surface area contributed by atoms with Crippen molar-refractivity contribution >= 4 is 12.0 Å². The average molecular weight is 259 g/mol. The first-order chi connectivity index (χ1) is 8.41. The summed E-state index contributed by atoms with van der Waals surface area (Å²) in [5.74, 6) is -9.73. The Morgan fingerprint density at radius 3 is 2.06 bits per heavy atom. The maximum Gasteiger partial charge on any atom is 0.341 e. The lowest BCUT2D eigenvalue weighted by Crippen LogP contribution is -2.11. The van der Waals surface area contributed by atoms with Gasteiger partial charge in [0, 0.05) is 0 Å². The molecular formula is C11H5F4NO2. The molecule has 0 bridgehead atoms. The van der Waals surface area contributed by atoms with Crippen molar-refractivity contribution in [2.45, 2.75) is 6.42 Å². The Morgan fingerprint density at radius 2 is 1.67 bits per heavy atom. The topological polar surface area (TPSA) is 61.1 Å². The van der Waals surface area contributed by atoms with E-state index < -0.39 is 40.4 Å². The Hall–Kier alpha value is -2.36. The van der Waals surface area contributed by atoms with E-state index in [1.54, 1.807) is 6.07 Å². The summed E-state index contributed by atoms with van der Waals surface area (Å²) in [5.41, 5.74) is -2.76. The zero-order valence-electron chi connectivity index (χ0n) is 8.68. The molecule has 3 nitrogen and oxygen atoms in total. The van der Waals surface area contributed by atoms with Gasteiger partial charge in [0.2, 0.25) is 0 Å². The van der Waals surface area contributed by atoms with Gasteiger partial charge in [-0.2, -0.15) is 5.26 Å². The van der Waals surface area contributed by atoms with Gasteiger partial charge in [0.25, 0.3) is 0 Å². The first kappa shape index (κ1) is 13.7. The first-order valence-electron chi connectivity index (χ1n) is 4.54. The molecule has 94 valence electrons. The van der Waals surface area contributed by atoms with Gasteiger partial charge in [-0.3, -0.25) is 0 Å². The fraction of sp³-hybridized carbons (Fsp3) is 0.0909. The van der Waals surface area contributed by atoms with Crippen molar-refractivity contribution in [2.24, 2.45) is 0 Å². The van der Waals surface area contributed by atoms with E-state index in [-0.39, 0.29) is 6.42 Å². The second-order valence-corrected chi connectivity index (χ2v) is 3.11. The number of benzene rings is 1. The second kappa shape index (κ2) is 5.31. The molecule has 0 spiro atoms. The van der Waals surface area contributed by atoms with Gasteiger partial charge in [-0.25, -0.2) is 22.4 Å². The van der Waals surface area contributed by atoms with Crippen LogP contribution >= 0.6 is 0 Å². The number of aromatic carboxylic acids is 1. The summed E-state index contributed by atoms with van der Waals surface area (Å²) in [6.07, 6.45) is 1.44. The number of carboxylic acid groups (broad SMARTS) is 1. The monoisotopic (exact) mass is 259 g/mol. The number of carbonyl (C=O) groups is 1. The van der Waals surface area contributed by atoms with E-state index in [4.69, 9.17) is 10.4 Å². The van der Waals surface area contributed by atoms with Gasteiger partial charge in [0.05, 0.1) is 18.1 Å². The van der Waals surface area contributed by atoms with Gasteiger partial charge in [-0.05, 0) is 0 Å². The third kappa shape index (κ3) is 2.32. The summed E-state index contributed by atoms with van der Waals surface area (Å²) in [4.78, 5) is 10.4. The number of nitrogens with zero attached hydrogens (tertiary/aromatic N) is 1. The van der Waals surface area contributed by atoms with Crippen LogP contribution in [0.25, 0.3) is 6.08 Å². The highest BCUT2D eigenvalue weighted by molar-refractivity contribution is 5.88. The number of nitriles is 1. The summed E-state index contributed by atoms with van der Waals surface area (Å²) < 4.78 is 53.0. The molecule has 18 heavy (non-hydrogen) atoms. The maximum atomic E-state index is 13.3. The number of rotatable bonds is 3. The van der Waals surface area contributed by atoms with E-state index in [1.807, 2.05) is 0 Å². The van der Waals surface area contributed by atoms with Crippen LogP contribution in [0.3, 0.4) is 0 Å². The molecule has 0 aliphatic heterocycles. The maximum absolute atomic E-state index is 13.3. The fourth-order valence-electron chi connectivity index (χ4n) is 1.21. The van der Waals surface area contributed by atoms with Crippen LogP contribution in [0.2, 0.25) is 0 Å². The number of allylic oxidation sites excluding steroid dienone is 1. The van der Waals surface area contributed by atoms with E-state index in [1.165, 1.54) is 0 Å². The molecule has 0 radical (unpaired) electrons. The highest BCUT2D eigenvalue weighted by Gasteiger charge is 2.27. The molecule has 0 aromatic heterocycles. The summed E-state index contributed by atoms with van der Waals surface area (Å²) in [5, 5.41) is 16.6. The molecule has 1 rings (SSSR count). The molecule has 0 unspecified atom stereocenters. The van der Waals surface area contributed by atoms with Gasteiger partial charge in [0.1, 0.15) is 5.56 Å². The standard InChI is InChI=1S/C11H5F4NO2/c12-7-5(3-1-2-4-16)8(13)10(15)6(9(7)14)11(17)18/h1,3H,2H2,(H,17,18). The normalized spacial score (nSPS) is 10.6. The molecule has 1 aromatic rings. The third-order valence-corrected chi connectivity index (χ3v) is 2.00. The molecule has 0 heterocycles. The zero-order chi connectivity index (χ0) is 13.9. The Labute approximate surface area is 98.6 Å². The number of hydrogen-bond acceptors (Lipinski definition) is 2. The van der Waals surface area contributed by atoms with Crippen LogP contribution < -0.4 is 0 Å². The van der Waals surface area contributed by atoms with Gasteiger partial charge in [-0.1, -0.05) is 12.2 Å².